The monoisotopic (exact) mass is 321 g/mol. The molecule has 124 valence electrons. The first kappa shape index (κ1) is 16.7. The number of nitrogens with one attached hydrogen (secondary N) is 1. The molecule has 0 aliphatic rings. The van der Waals surface area contributed by atoms with Gasteiger partial charge in [0.05, 0.1) is 6.26 Å². The van der Waals surface area contributed by atoms with Crippen LogP contribution in [0.1, 0.15) is 32.6 Å². The number of nitrogens with zero attached hydrogens (tertiary/aromatic N) is 2. The van der Waals surface area contributed by atoms with Crippen molar-refractivity contribution in [2.75, 3.05) is 0 Å². The van der Waals surface area contributed by atoms with Crippen LogP contribution in [-0.2, 0) is 16.0 Å². The van der Waals surface area contributed by atoms with Gasteiger partial charge in [-0.05, 0) is 18.1 Å². The molecule has 8 heteroatoms. The second-order valence-electron chi connectivity index (χ2n) is 5.26. The zero-order valence-corrected chi connectivity index (χ0v) is 13.0. The molecule has 2 heterocycles. The van der Waals surface area contributed by atoms with E-state index in [1.807, 2.05) is 6.92 Å². The first-order chi connectivity index (χ1) is 11.0. The van der Waals surface area contributed by atoms with E-state index in [4.69, 9.17) is 14.0 Å². The van der Waals surface area contributed by atoms with Gasteiger partial charge in [-0.15, -0.1) is 0 Å². The molecule has 23 heavy (non-hydrogen) atoms. The van der Waals surface area contributed by atoms with Crippen molar-refractivity contribution in [1.82, 2.24) is 15.5 Å². The van der Waals surface area contributed by atoms with Gasteiger partial charge >= 0.3 is 5.97 Å². The van der Waals surface area contributed by atoms with Crippen molar-refractivity contribution in [3.05, 3.63) is 24.3 Å². The fraction of sp³-hybridized carbons (Fsp3) is 0.467. The summed E-state index contributed by atoms with van der Waals surface area (Å²) in [6, 6.07) is 2.51. The molecular formula is C15H19N3O5. The van der Waals surface area contributed by atoms with Crippen LogP contribution in [0.4, 0.5) is 0 Å². The maximum atomic E-state index is 11.9. The van der Waals surface area contributed by atoms with Gasteiger partial charge in [0.15, 0.2) is 5.76 Å². The summed E-state index contributed by atoms with van der Waals surface area (Å²) < 4.78 is 10.2. The highest BCUT2D eigenvalue weighted by Crippen LogP contribution is 2.16. The number of carboxylic acids is 1. The number of aromatic nitrogens is 2. The minimum atomic E-state index is -1.04. The first-order valence-electron chi connectivity index (χ1n) is 7.40. The van der Waals surface area contributed by atoms with Gasteiger partial charge in [0.2, 0.25) is 17.6 Å². The zero-order valence-electron chi connectivity index (χ0n) is 13.0. The normalized spacial score (nSPS) is 13.5. The number of furan rings is 1. The number of rotatable bonds is 8. The van der Waals surface area contributed by atoms with Gasteiger partial charge in [-0.25, -0.2) is 4.79 Å². The molecule has 0 spiro atoms. The third-order valence-electron chi connectivity index (χ3n) is 3.57. The standard InChI is InChI=1S/C15H19N3O5/c1-3-9(2)13(15(20)21)16-11(19)6-7-12-17-14(18-23-12)10-5-4-8-22-10/h4-5,8-9,13H,3,6-7H2,1-2H3,(H,16,19)(H,20,21)/t9-,13-/m0/s1. The van der Waals surface area contributed by atoms with Gasteiger partial charge < -0.3 is 19.4 Å². The third kappa shape index (κ3) is 4.41. The lowest BCUT2D eigenvalue weighted by molar-refractivity contribution is -0.143. The van der Waals surface area contributed by atoms with Gasteiger partial charge in [0.1, 0.15) is 6.04 Å². The van der Waals surface area contributed by atoms with E-state index >= 15 is 0 Å². The predicted molar refractivity (Wildman–Crippen MR) is 79.3 cm³/mol. The highest BCUT2D eigenvalue weighted by atomic mass is 16.5. The summed E-state index contributed by atoms with van der Waals surface area (Å²) in [5, 5.41) is 15.4. The number of aryl methyl sites for hydroxylation is 1. The van der Waals surface area contributed by atoms with Crippen molar-refractivity contribution in [2.45, 2.75) is 39.2 Å². The van der Waals surface area contributed by atoms with E-state index in [0.717, 1.165) is 0 Å². The summed E-state index contributed by atoms with van der Waals surface area (Å²) in [5.74, 6) is -0.464. The molecule has 0 fully saturated rings. The first-order valence-corrected chi connectivity index (χ1v) is 7.40. The van der Waals surface area contributed by atoms with Crippen LogP contribution >= 0.6 is 0 Å². The number of hydrogen-bond acceptors (Lipinski definition) is 6. The maximum absolute atomic E-state index is 11.9. The van der Waals surface area contributed by atoms with Crippen LogP contribution in [0, 0.1) is 5.92 Å². The van der Waals surface area contributed by atoms with E-state index in [0.29, 0.717) is 23.9 Å². The Hall–Kier alpha value is -2.64. The predicted octanol–water partition coefficient (Wildman–Crippen LogP) is 1.88. The summed E-state index contributed by atoms with van der Waals surface area (Å²) in [4.78, 5) is 27.2. The van der Waals surface area contributed by atoms with Crippen molar-refractivity contribution in [3.8, 4) is 11.6 Å². The number of carboxylic acid groups (broad SMARTS) is 1. The summed E-state index contributed by atoms with van der Waals surface area (Å²) in [6.45, 7) is 3.66. The van der Waals surface area contributed by atoms with Crippen LogP contribution < -0.4 is 5.32 Å². The highest BCUT2D eigenvalue weighted by Gasteiger charge is 2.25. The summed E-state index contributed by atoms with van der Waals surface area (Å²) in [7, 11) is 0. The van der Waals surface area contributed by atoms with Gasteiger partial charge in [0, 0.05) is 12.8 Å². The van der Waals surface area contributed by atoms with E-state index in [-0.39, 0.29) is 24.7 Å². The molecule has 1 amide bonds. The zero-order chi connectivity index (χ0) is 16.8. The number of hydrogen-bond donors (Lipinski definition) is 2. The maximum Gasteiger partial charge on any atom is 0.326 e. The SMILES string of the molecule is CC[C@H](C)[C@H](NC(=O)CCc1nc(-c2ccco2)no1)C(=O)O. The summed E-state index contributed by atoms with van der Waals surface area (Å²) >= 11 is 0. The topological polar surface area (TPSA) is 118 Å². The van der Waals surface area contributed by atoms with Crippen LogP contribution in [0.15, 0.2) is 27.3 Å². The van der Waals surface area contributed by atoms with Crippen LogP contribution in [0.3, 0.4) is 0 Å². The van der Waals surface area contributed by atoms with Crippen molar-refractivity contribution in [1.29, 1.82) is 0 Å². The van der Waals surface area contributed by atoms with Crippen molar-refractivity contribution >= 4 is 11.9 Å². The number of amides is 1. The highest BCUT2D eigenvalue weighted by molar-refractivity contribution is 5.83. The molecule has 0 unspecified atom stereocenters. The van der Waals surface area contributed by atoms with Gasteiger partial charge in [-0.1, -0.05) is 25.4 Å². The smallest absolute Gasteiger partial charge is 0.326 e. The van der Waals surface area contributed by atoms with E-state index in [2.05, 4.69) is 15.5 Å². The second kappa shape index (κ2) is 7.57. The number of carbonyl (C=O) groups excluding carboxylic acids is 1. The van der Waals surface area contributed by atoms with Gasteiger partial charge in [-0.3, -0.25) is 4.79 Å². The molecule has 0 aliphatic heterocycles. The summed E-state index contributed by atoms with van der Waals surface area (Å²) in [5.41, 5.74) is 0. The van der Waals surface area contributed by atoms with Crippen molar-refractivity contribution < 1.29 is 23.6 Å². The Morgan fingerprint density at radius 3 is 2.83 bits per heavy atom. The molecule has 0 saturated heterocycles. The Morgan fingerprint density at radius 2 is 2.22 bits per heavy atom. The Labute approximate surface area is 132 Å². The fourth-order valence-electron chi connectivity index (χ4n) is 2.01. The number of carbonyl (C=O) groups is 2. The van der Waals surface area contributed by atoms with Crippen molar-refractivity contribution in [3.63, 3.8) is 0 Å². The fourth-order valence-corrected chi connectivity index (χ4v) is 2.01. The molecule has 0 saturated carbocycles. The average molecular weight is 321 g/mol. The average Bonchev–Trinajstić information content (AvgIpc) is 3.20. The number of aliphatic carboxylic acids is 1. The third-order valence-corrected chi connectivity index (χ3v) is 3.57. The van der Waals surface area contributed by atoms with E-state index < -0.39 is 12.0 Å². The molecule has 0 aliphatic carbocycles. The van der Waals surface area contributed by atoms with Crippen LogP contribution in [0.2, 0.25) is 0 Å². The second-order valence-corrected chi connectivity index (χ2v) is 5.26. The lowest BCUT2D eigenvalue weighted by atomic mass is 9.99. The van der Waals surface area contributed by atoms with E-state index in [9.17, 15) is 9.59 Å². The molecule has 8 nitrogen and oxygen atoms in total. The van der Waals surface area contributed by atoms with Gasteiger partial charge in [-0.2, -0.15) is 4.98 Å². The Kier molecular flexibility index (Phi) is 5.51. The molecule has 2 aromatic rings. The quantitative estimate of drug-likeness (QED) is 0.761. The molecule has 2 atom stereocenters. The van der Waals surface area contributed by atoms with Crippen molar-refractivity contribution in [2.24, 2.45) is 5.92 Å². The molecule has 2 rings (SSSR count). The van der Waals surface area contributed by atoms with Crippen LogP contribution in [0.25, 0.3) is 11.6 Å². The lowest BCUT2D eigenvalue weighted by Crippen LogP contribution is -2.45. The minimum absolute atomic E-state index is 0.0694. The molecule has 2 N–H and O–H groups in total. The van der Waals surface area contributed by atoms with Gasteiger partial charge in [0.25, 0.3) is 0 Å². The molecule has 0 aromatic carbocycles. The molecule has 0 radical (unpaired) electrons. The van der Waals surface area contributed by atoms with E-state index in [1.165, 1.54) is 6.26 Å². The summed E-state index contributed by atoms with van der Waals surface area (Å²) in [6.07, 6.45) is 2.46. The Balaban J connectivity index is 1.88. The van der Waals surface area contributed by atoms with E-state index in [1.54, 1.807) is 19.1 Å². The van der Waals surface area contributed by atoms with Crippen LogP contribution in [0.5, 0.6) is 0 Å². The Morgan fingerprint density at radius 1 is 1.43 bits per heavy atom. The Bertz CT molecular complexity index is 650. The minimum Gasteiger partial charge on any atom is -0.480 e. The molecule has 0 bridgehead atoms. The largest absolute Gasteiger partial charge is 0.480 e. The lowest BCUT2D eigenvalue weighted by Gasteiger charge is -2.19. The molecule has 2 aromatic heterocycles. The molecular weight excluding hydrogens is 302 g/mol. The van der Waals surface area contributed by atoms with Crippen LogP contribution in [-0.4, -0.2) is 33.2 Å².